The van der Waals surface area contributed by atoms with Crippen molar-refractivity contribution in [1.82, 2.24) is 0 Å². The lowest BCUT2D eigenvalue weighted by Gasteiger charge is -2.08. The molecule has 0 bridgehead atoms. The summed E-state index contributed by atoms with van der Waals surface area (Å²) in [6.45, 7) is 6.60. The predicted molar refractivity (Wildman–Crippen MR) is 69.0 cm³/mol. The molecule has 10 nitrogen and oxygen atoms in total. The molecule has 0 amide bonds. The predicted octanol–water partition coefficient (Wildman–Crippen LogP) is 0.213. The van der Waals surface area contributed by atoms with Crippen LogP contribution in [0.15, 0.2) is 25.3 Å². The molecule has 116 valence electrons. The van der Waals surface area contributed by atoms with Gasteiger partial charge in [0.1, 0.15) is 0 Å². The van der Waals surface area contributed by atoms with Crippen LogP contribution in [0.4, 0.5) is 0 Å². The second kappa shape index (κ2) is 15.9. The first-order chi connectivity index (χ1) is 8.59. The first kappa shape index (κ1) is 23.9. The van der Waals surface area contributed by atoms with Crippen LogP contribution in [0, 0.1) is 0 Å². The zero-order valence-corrected chi connectivity index (χ0v) is 12.6. The summed E-state index contributed by atoms with van der Waals surface area (Å²) < 4.78 is 37.0. The summed E-state index contributed by atoms with van der Waals surface area (Å²) in [6, 6.07) is 0. The van der Waals surface area contributed by atoms with E-state index in [0.717, 1.165) is 0 Å². The molecule has 0 rings (SSSR count). The Labute approximate surface area is 111 Å². The number of hydrogen-bond acceptors (Lipinski definition) is 5. The van der Waals surface area contributed by atoms with Crippen molar-refractivity contribution in [2.45, 2.75) is 0 Å². The molecular formula is C6H17O10P3. The highest BCUT2D eigenvalue weighted by atomic mass is 31.2. The molecule has 0 aromatic heterocycles. The number of rotatable bonds is 6. The Balaban J connectivity index is -0.000000264. The minimum atomic E-state index is -3.87. The van der Waals surface area contributed by atoms with Gasteiger partial charge in [0.15, 0.2) is 0 Å². The van der Waals surface area contributed by atoms with Crippen molar-refractivity contribution in [3.63, 3.8) is 0 Å². The number of hydrogen-bond donors (Lipinski definition) is 5. The maximum atomic E-state index is 10.7. The molecule has 0 aliphatic heterocycles. The summed E-state index contributed by atoms with van der Waals surface area (Å²) >= 11 is 0. The Bertz CT molecular complexity index is 293. The fraction of sp³-hybridized carbons (Fsp3) is 0.333. The average molecular weight is 342 g/mol. The molecule has 0 aliphatic rings. The lowest BCUT2D eigenvalue weighted by Crippen LogP contribution is -1.94. The molecule has 0 radical (unpaired) electrons. The Kier molecular flexibility index (Phi) is 20.1. The van der Waals surface area contributed by atoms with Gasteiger partial charge in [-0.15, -0.1) is 13.2 Å². The van der Waals surface area contributed by atoms with Gasteiger partial charge in [-0.1, -0.05) is 12.2 Å². The standard InChI is InChI=1S/C6H11O4P.2H3O3P/c1-3-5-9-11(7,8)10-6-4-2;2*1-4(2)3/h3-4H,1-2,5-6H2,(H,7,8);2*4H,(H2,1,2,3). The van der Waals surface area contributed by atoms with Gasteiger partial charge in [-0.25, -0.2) is 4.57 Å². The van der Waals surface area contributed by atoms with Crippen molar-refractivity contribution in [3.8, 4) is 0 Å². The molecule has 0 unspecified atom stereocenters. The minimum Gasteiger partial charge on any atom is -0.326 e. The van der Waals surface area contributed by atoms with Gasteiger partial charge in [0, 0.05) is 0 Å². The van der Waals surface area contributed by atoms with Gasteiger partial charge in [0.05, 0.1) is 13.2 Å². The summed E-state index contributed by atoms with van der Waals surface area (Å²) in [6.07, 6.45) is 2.72. The van der Waals surface area contributed by atoms with Crippen LogP contribution in [0.2, 0.25) is 0 Å². The van der Waals surface area contributed by atoms with Crippen LogP contribution in [-0.4, -0.2) is 37.7 Å². The first-order valence-electron chi connectivity index (χ1n) is 4.26. The van der Waals surface area contributed by atoms with E-state index in [1.54, 1.807) is 0 Å². The van der Waals surface area contributed by atoms with Gasteiger partial charge >= 0.3 is 24.3 Å². The monoisotopic (exact) mass is 342 g/mol. The highest BCUT2D eigenvalue weighted by Crippen LogP contribution is 2.42. The van der Waals surface area contributed by atoms with Crippen molar-refractivity contribution in [2.75, 3.05) is 13.2 Å². The van der Waals surface area contributed by atoms with E-state index in [1.807, 2.05) is 0 Å². The Morgan fingerprint density at radius 3 is 1.32 bits per heavy atom. The van der Waals surface area contributed by atoms with Gasteiger partial charge < -0.3 is 24.5 Å². The van der Waals surface area contributed by atoms with Crippen LogP contribution in [0.1, 0.15) is 0 Å². The molecule has 0 aromatic carbocycles. The van der Waals surface area contributed by atoms with E-state index < -0.39 is 24.3 Å². The first-order valence-corrected chi connectivity index (χ1v) is 8.36. The SMILES string of the molecule is C=CCOP(=O)(O)OCC=C.O=[PH](O)O.O=[PH](O)O. The van der Waals surface area contributed by atoms with E-state index in [1.165, 1.54) is 12.2 Å². The number of phosphoric ester groups is 1. The van der Waals surface area contributed by atoms with Gasteiger partial charge in [-0.05, 0) is 0 Å². The van der Waals surface area contributed by atoms with Crippen LogP contribution in [0.5, 0.6) is 0 Å². The van der Waals surface area contributed by atoms with Crippen molar-refractivity contribution >= 4 is 24.3 Å². The molecule has 0 atom stereocenters. The molecule has 0 fully saturated rings. The third kappa shape index (κ3) is 46.2. The molecule has 0 heterocycles. The molecule has 0 saturated heterocycles. The minimum absolute atomic E-state index is 0.00901. The summed E-state index contributed by atoms with van der Waals surface area (Å²) in [7, 11) is -10.1. The normalized spacial score (nSPS) is 10.1. The van der Waals surface area contributed by atoms with E-state index in [2.05, 4.69) is 22.2 Å². The van der Waals surface area contributed by atoms with Crippen LogP contribution >= 0.6 is 24.3 Å². The van der Waals surface area contributed by atoms with Crippen LogP contribution < -0.4 is 0 Å². The lowest BCUT2D eigenvalue weighted by atomic mass is 10.7. The van der Waals surface area contributed by atoms with E-state index in [4.69, 9.17) is 33.6 Å². The topological polar surface area (TPSA) is 171 Å². The van der Waals surface area contributed by atoms with E-state index in [0.29, 0.717) is 0 Å². The van der Waals surface area contributed by atoms with Crippen molar-refractivity contribution in [1.29, 1.82) is 0 Å². The summed E-state index contributed by atoms with van der Waals surface area (Å²) in [5, 5.41) is 0. The lowest BCUT2D eigenvalue weighted by molar-refractivity contribution is 0.174. The molecule has 0 aliphatic carbocycles. The summed E-state index contributed by atoms with van der Waals surface area (Å²) in [5.74, 6) is 0. The van der Waals surface area contributed by atoms with Gasteiger partial charge in [-0.2, -0.15) is 0 Å². The largest absolute Gasteiger partial charge is 0.472 e. The Morgan fingerprint density at radius 1 is 0.947 bits per heavy atom. The highest BCUT2D eigenvalue weighted by Gasteiger charge is 2.18. The van der Waals surface area contributed by atoms with Crippen LogP contribution in [0.25, 0.3) is 0 Å². The van der Waals surface area contributed by atoms with Crippen molar-refractivity contribution in [3.05, 3.63) is 25.3 Å². The maximum Gasteiger partial charge on any atom is 0.472 e. The smallest absolute Gasteiger partial charge is 0.326 e. The third-order valence-electron chi connectivity index (χ3n) is 0.711. The van der Waals surface area contributed by atoms with Crippen LogP contribution in [0.3, 0.4) is 0 Å². The average Bonchev–Trinajstić information content (AvgIpc) is 2.22. The zero-order chi connectivity index (χ0) is 15.9. The zero-order valence-electron chi connectivity index (χ0n) is 9.71. The van der Waals surface area contributed by atoms with Gasteiger partial charge in [0.2, 0.25) is 0 Å². The van der Waals surface area contributed by atoms with Crippen molar-refractivity contribution in [2.24, 2.45) is 0 Å². The van der Waals surface area contributed by atoms with E-state index >= 15 is 0 Å². The molecule has 5 N–H and O–H groups in total. The second-order valence-electron chi connectivity index (χ2n) is 2.20. The third-order valence-corrected chi connectivity index (χ3v) is 1.66. The number of phosphoric acid groups is 1. The Hall–Kier alpha value is -0.110. The quantitative estimate of drug-likeness (QED) is 0.332. The molecular weight excluding hydrogens is 325 g/mol. The van der Waals surface area contributed by atoms with E-state index in [-0.39, 0.29) is 13.2 Å². The summed E-state index contributed by atoms with van der Waals surface area (Å²) in [5.41, 5.74) is 0. The van der Waals surface area contributed by atoms with Crippen molar-refractivity contribution < 1.29 is 47.2 Å². The molecule has 19 heavy (non-hydrogen) atoms. The molecule has 13 heteroatoms. The van der Waals surface area contributed by atoms with Crippen LogP contribution in [-0.2, 0) is 22.7 Å². The molecule has 0 aromatic rings. The highest BCUT2D eigenvalue weighted by molar-refractivity contribution is 7.47. The van der Waals surface area contributed by atoms with Gasteiger partial charge in [-0.3, -0.25) is 18.2 Å². The van der Waals surface area contributed by atoms with E-state index in [9.17, 15) is 4.57 Å². The fourth-order valence-corrected chi connectivity index (χ4v) is 0.993. The molecule has 0 saturated carbocycles. The second-order valence-corrected chi connectivity index (χ2v) is 4.79. The Morgan fingerprint density at radius 2 is 1.16 bits per heavy atom. The van der Waals surface area contributed by atoms with Gasteiger partial charge in [0.25, 0.3) is 0 Å². The maximum absolute atomic E-state index is 10.7. The fourth-order valence-electron chi connectivity index (χ4n) is 0.331. The molecule has 0 spiro atoms. The summed E-state index contributed by atoms with van der Waals surface area (Å²) in [4.78, 5) is 37.4.